The Bertz CT molecular complexity index is 296. The molecule has 2 saturated heterocycles. The lowest BCUT2D eigenvalue weighted by molar-refractivity contribution is -0.147. The van der Waals surface area contributed by atoms with E-state index >= 15 is 0 Å². The molecule has 2 heterocycles. The fourth-order valence-corrected chi connectivity index (χ4v) is 3.36. The number of hydrogen-bond acceptors (Lipinski definition) is 5. The van der Waals surface area contributed by atoms with Gasteiger partial charge in [-0.2, -0.15) is 0 Å². The first-order valence-corrected chi connectivity index (χ1v) is 5.61. The Morgan fingerprint density at radius 2 is 1.93 bits per heavy atom. The second-order valence-electron chi connectivity index (χ2n) is 3.51. The number of carbonyl (C=O) groups is 1. The van der Waals surface area contributed by atoms with Gasteiger partial charge in [-0.1, -0.05) is 0 Å². The molecule has 2 aliphatic heterocycles. The lowest BCUT2D eigenvalue weighted by Crippen LogP contribution is -2.60. The van der Waals surface area contributed by atoms with Crippen LogP contribution in [-0.4, -0.2) is 66.3 Å². The SMILES string of the molecule is O=C1CS(=O)[C@@H]2[C@H](O)[C@H](O)[C@H](O)CN12. The van der Waals surface area contributed by atoms with Gasteiger partial charge in [-0.3, -0.25) is 9.00 Å². The normalized spacial score (nSPS) is 48.1. The molecule has 0 radical (unpaired) electrons. The minimum absolute atomic E-state index is 0.0620. The summed E-state index contributed by atoms with van der Waals surface area (Å²) in [5, 5.41) is 27.3. The molecule has 0 aromatic rings. The average molecular weight is 221 g/mol. The summed E-state index contributed by atoms with van der Waals surface area (Å²) in [5.41, 5.74) is 0. The number of aliphatic hydroxyl groups is 3. The van der Waals surface area contributed by atoms with Gasteiger partial charge in [-0.25, -0.2) is 0 Å². The summed E-state index contributed by atoms with van der Waals surface area (Å²) < 4.78 is 11.4. The van der Waals surface area contributed by atoms with Crippen LogP contribution < -0.4 is 0 Å². The quantitative estimate of drug-likeness (QED) is 0.405. The molecule has 6 nitrogen and oxygen atoms in total. The first-order valence-electron chi connectivity index (χ1n) is 4.23. The van der Waals surface area contributed by atoms with E-state index in [9.17, 15) is 24.3 Å². The van der Waals surface area contributed by atoms with Crippen molar-refractivity contribution in [3.05, 3.63) is 0 Å². The highest BCUT2D eigenvalue weighted by Gasteiger charge is 2.50. The van der Waals surface area contributed by atoms with Crippen molar-refractivity contribution in [3.63, 3.8) is 0 Å². The molecule has 0 aromatic carbocycles. The van der Waals surface area contributed by atoms with Crippen LogP contribution in [0, 0.1) is 0 Å². The Morgan fingerprint density at radius 1 is 1.29 bits per heavy atom. The highest BCUT2D eigenvalue weighted by molar-refractivity contribution is 7.86. The Balaban J connectivity index is 2.28. The van der Waals surface area contributed by atoms with Gasteiger partial charge in [0.1, 0.15) is 29.4 Å². The highest BCUT2D eigenvalue weighted by Crippen LogP contribution is 2.26. The molecule has 0 spiro atoms. The van der Waals surface area contributed by atoms with Crippen molar-refractivity contribution in [2.75, 3.05) is 12.3 Å². The fourth-order valence-electron chi connectivity index (χ4n) is 1.83. The predicted molar refractivity (Wildman–Crippen MR) is 46.5 cm³/mol. The molecule has 1 amide bonds. The third-order valence-electron chi connectivity index (χ3n) is 2.58. The second-order valence-corrected chi connectivity index (χ2v) is 5.04. The molecule has 0 saturated carbocycles. The van der Waals surface area contributed by atoms with Crippen LogP contribution >= 0.6 is 0 Å². The van der Waals surface area contributed by atoms with E-state index in [-0.39, 0.29) is 18.2 Å². The Labute approximate surface area is 82.6 Å². The Kier molecular flexibility index (Phi) is 2.34. The third kappa shape index (κ3) is 1.28. The average Bonchev–Trinajstić information content (AvgIpc) is 2.38. The van der Waals surface area contributed by atoms with E-state index in [4.69, 9.17) is 0 Å². The van der Waals surface area contributed by atoms with Crippen molar-refractivity contribution >= 4 is 16.7 Å². The van der Waals surface area contributed by atoms with Crippen molar-refractivity contribution in [1.29, 1.82) is 0 Å². The summed E-state index contributed by atoms with van der Waals surface area (Å²) >= 11 is 0. The highest BCUT2D eigenvalue weighted by atomic mass is 32.2. The minimum Gasteiger partial charge on any atom is -0.388 e. The van der Waals surface area contributed by atoms with Crippen molar-refractivity contribution in [2.24, 2.45) is 0 Å². The Morgan fingerprint density at radius 3 is 2.57 bits per heavy atom. The van der Waals surface area contributed by atoms with Crippen LogP contribution in [0.1, 0.15) is 0 Å². The van der Waals surface area contributed by atoms with E-state index in [0.29, 0.717) is 0 Å². The second kappa shape index (κ2) is 3.27. The van der Waals surface area contributed by atoms with Gasteiger partial charge in [0, 0.05) is 0 Å². The molecule has 1 unspecified atom stereocenters. The number of hydrogen-bond donors (Lipinski definition) is 3. The van der Waals surface area contributed by atoms with Gasteiger partial charge in [-0.15, -0.1) is 0 Å². The summed E-state index contributed by atoms with van der Waals surface area (Å²) in [6.07, 6.45) is -3.82. The van der Waals surface area contributed by atoms with Crippen LogP contribution in [0.5, 0.6) is 0 Å². The molecule has 5 atom stereocenters. The topological polar surface area (TPSA) is 98.1 Å². The summed E-state index contributed by atoms with van der Waals surface area (Å²) in [6, 6.07) is 0. The molecular weight excluding hydrogens is 210 g/mol. The number of carbonyl (C=O) groups excluding carboxylic acids is 1. The maximum absolute atomic E-state index is 11.4. The van der Waals surface area contributed by atoms with Crippen molar-refractivity contribution in [2.45, 2.75) is 23.7 Å². The zero-order valence-corrected chi connectivity index (χ0v) is 8.05. The molecule has 0 aliphatic carbocycles. The molecule has 2 fully saturated rings. The van der Waals surface area contributed by atoms with Gasteiger partial charge in [0.15, 0.2) is 0 Å². The molecule has 0 bridgehead atoms. The van der Waals surface area contributed by atoms with E-state index < -0.39 is 34.5 Å². The van der Waals surface area contributed by atoms with Crippen molar-refractivity contribution in [3.8, 4) is 0 Å². The first-order chi connectivity index (χ1) is 6.52. The molecule has 2 aliphatic rings. The van der Waals surface area contributed by atoms with E-state index in [1.54, 1.807) is 0 Å². The van der Waals surface area contributed by atoms with Gasteiger partial charge >= 0.3 is 0 Å². The van der Waals surface area contributed by atoms with Gasteiger partial charge in [-0.05, 0) is 0 Å². The van der Waals surface area contributed by atoms with Crippen LogP contribution in [0.3, 0.4) is 0 Å². The van der Waals surface area contributed by atoms with E-state index in [2.05, 4.69) is 0 Å². The van der Waals surface area contributed by atoms with Gasteiger partial charge in [0.25, 0.3) is 0 Å². The standard InChI is InChI=1S/C7H11NO5S/c9-3-1-8-4(10)2-14(13)7(8)6(12)5(3)11/h3,5-7,9,11-12H,1-2H2/t3-,5-,6-,7-,14?/m1/s1. The smallest absolute Gasteiger partial charge is 0.236 e. The number of amides is 1. The zero-order valence-electron chi connectivity index (χ0n) is 7.24. The van der Waals surface area contributed by atoms with Crippen molar-refractivity contribution < 1.29 is 24.3 Å². The summed E-state index contributed by atoms with van der Waals surface area (Å²) in [6.45, 7) is -0.0620. The van der Waals surface area contributed by atoms with Crippen LogP contribution in [-0.2, 0) is 15.6 Å². The molecule has 3 N–H and O–H groups in total. The van der Waals surface area contributed by atoms with E-state index in [1.165, 1.54) is 4.90 Å². The molecule has 14 heavy (non-hydrogen) atoms. The summed E-state index contributed by atoms with van der Waals surface area (Å²) in [4.78, 5) is 12.4. The van der Waals surface area contributed by atoms with Crippen molar-refractivity contribution in [1.82, 2.24) is 4.90 Å². The molecule has 80 valence electrons. The number of fused-ring (bicyclic) bond motifs is 1. The maximum Gasteiger partial charge on any atom is 0.236 e. The van der Waals surface area contributed by atoms with Gasteiger partial charge in [0.05, 0.1) is 17.3 Å². The molecular formula is C7H11NO5S. The maximum atomic E-state index is 11.4. The van der Waals surface area contributed by atoms with Gasteiger partial charge in [0.2, 0.25) is 5.91 Å². The van der Waals surface area contributed by atoms with E-state index in [1.807, 2.05) is 0 Å². The Hall–Kier alpha value is -0.500. The van der Waals surface area contributed by atoms with Gasteiger partial charge < -0.3 is 20.2 Å². The minimum atomic E-state index is -1.48. The predicted octanol–water partition coefficient (Wildman–Crippen LogP) is -3.00. The summed E-state index contributed by atoms with van der Waals surface area (Å²) in [7, 11) is -1.48. The molecule has 0 aromatic heterocycles. The largest absolute Gasteiger partial charge is 0.388 e. The monoisotopic (exact) mass is 221 g/mol. The summed E-state index contributed by atoms with van der Waals surface area (Å²) in [5.74, 6) is -0.486. The van der Waals surface area contributed by atoms with Crippen LogP contribution in [0.15, 0.2) is 0 Å². The number of piperidine rings is 1. The number of nitrogens with zero attached hydrogens (tertiary/aromatic N) is 1. The number of aliphatic hydroxyl groups excluding tert-OH is 3. The van der Waals surface area contributed by atoms with Crippen LogP contribution in [0.4, 0.5) is 0 Å². The lowest BCUT2D eigenvalue weighted by Gasteiger charge is -2.38. The van der Waals surface area contributed by atoms with E-state index in [0.717, 1.165) is 0 Å². The lowest BCUT2D eigenvalue weighted by atomic mass is 10.0. The third-order valence-corrected chi connectivity index (χ3v) is 4.19. The van der Waals surface area contributed by atoms with Crippen LogP contribution in [0.25, 0.3) is 0 Å². The fraction of sp³-hybridized carbons (Fsp3) is 0.857. The number of rotatable bonds is 0. The zero-order chi connectivity index (χ0) is 10.5. The molecule has 7 heteroatoms. The first kappa shape index (κ1) is 10.0. The van der Waals surface area contributed by atoms with Crippen LogP contribution in [0.2, 0.25) is 0 Å². The molecule has 2 rings (SSSR count).